The van der Waals surface area contributed by atoms with Crippen LogP contribution in [0.15, 0.2) is 96.2 Å². The first-order valence-electron chi connectivity index (χ1n) is 22.0. The molecule has 3 N–H and O–H groups in total. The fraction of sp³-hybridized carbons (Fsp3) is 0.479. The van der Waals surface area contributed by atoms with Gasteiger partial charge in [0.05, 0.1) is 49.6 Å². The van der Waals surface area contributed by atoms with Crippen molar-refractivity contribution in [1.82, 2.24) is 4.90 Å². The van der Waals surface area contributed by atoms with Crippen molar-refractivity contribution in [2.45, 2.75) is 76.2 Å². The molecule has 3 aromatic rings. The molecular weight excluding hydrogens is 827 g/mol. The van der Waals surface area contributed by atoms with Crippen molar-refractivity contribution in [2.24, 2.45) is 22.9 Å². The first-order valence-corrected chi connectivity index (χ1v) is 22.0. The molecule has 1 fully saturated rings. The van der Waals surface area contributed by atoms with Gasteiger partial charge in [-0.25, -0.2) is 4.79 Å². The van der Waals surface area contributed by atoms with Gasteiger partial charge in [0.2, 0.25) is 5.79 Å². The summed E-state index contributed by atoms with van der Waals surface area (Å²) in [6.45, 7) is 5.85. The molecule has 0 bridgehead atoms. The molecule has 2 aliphatic carbocycles. The molecular formula is C48H59N3O13. The molecule has 16 heteroatoms. The summed E-state index contributed by atoms with van der Waals surface area (Å²) >= 11 is 0. The van der Waals surface area contributed by atoms with Gasteiger partial charge in [0, 0.05) is 55.4 Å². The molecule has 0 unspecified atom stereocenters. The second kappa shape index (κ2) is 23.3. The quantitative estimate of drug-likeness (QED) is 0.0248. The van der Waals surface area contributed by atoms with Crippen LogP contribution in [0, 0.1) is 27.9 Å². The lowest BCUT2D eigenvalue weighted by atomic mass is 9.55. The molecule has 1 heterocycles. The van der Waals surface area contributed by atoms with Crippen LogP contribution < -0.4 is 9.47 Å². The molecule has 0 saturated heterocycles. The number of nitrogens with zero attached hydrogens (tertiary/aromatic N) is 3. The Bertz CT molecular complexity index is 2110. The largest absolute Gasteiger partial charge is 0.459 e. The molecule has 1 amide bonds. The number of carbonyl (C=O) groups is 2. The predicted octanol–water partition coefficient (Wildman–Crippen LogP) is 7.50. The maximum Gasteiger partial charge on any atom is 0.410 e. The van der Waals surface area contributed by atoms with Gasteiger partial charge in [-0.15, -0.1) is 6.58 Å². The summed E-state index contributed by atoms with van der Waals surface area (Å²) in [7, 11) is 0. The number of allylic oxidation sites excluding steroid dienone is 1. The van der Waals surface area contributed by atoms with Crippen molar-refractivity contribution in [2.75, 3.05) is 52.8 Å². The van der Waals surface area contributed by atoms with Crippen molar-refractivity contribution < 1.29 is 58.4 Å². The number of nitro groups is 1. The van der Waals surface area contributed by atoms with Crippen LogP contribution in [-0.4, -0.2) is 108 Å². The molecule has 16 nitrogen and oxygen atoms in total. The summed E-state index contributed by atoms with van der Waals surface area (Å²) in [6, 6.07) is 17.6. The van der Waals surface area contributed by atoms with E-state index in [9.17, 15) is 35.0 Å². The lowest BCUT2D eigenvalue weighted by Crippen LogP contribution is -2.70. The second-order valence-corrected chi connectivity index (χ2v) is 16.0. The fourth-order valence-corrected chi connectivity index (χ4v) is 9.31. The van der Waals surface area contributed by atoms with E-state index in [1.165, 1.54) is 12.1 Å². The zero-order chi connectivity index (χ0) is 45.5. The van der Waals surface area contributed by atoms with E-state index in [-0.39, 0.29) is 89.3 Å². The van der Waals surface area contributed by atoms with Crippen LogP contribution in [0.4, 0.5) is 10.5 Å². The van der Waals surface area contributed by atoms with Crippen molar-refractivity contribution in [3.8, 4) is 17.2 Å². The van der Waals surface area contributed by atoms with Crippen LogP contribution in [-0.2, 0) is 25.7 Å². The molecule has 6 atom stereocenters. The van der Waals surface area contributed by atoms with Gasteiger partial charge in [0.15, 0.2) is 0 Å². The third-order valence-electron chi connectivity index (χ3n) is 12.0. The van der Waals surface area contributed by atoms with E-state index in [4.69, 9.17) is 33.7 Å². The summed E-state index contributed by atoms with van der Waals surface area (Å²) < 4.78 is 32.0. The van der Waals surface area contributed by atoms with E-state index in [1.807, 2.05) is 12.1 Å². The Morgan fingerprint density at radius 1 is 1.00 bits per heavy atom. The molecule has 1 aliphatic heterocycles. The number of aldehydes is 1. The fourth-order valence-electron chi connectivity index (χ4n) is 9.31. The maximum absolute atomic E-state index is 14.2. The van der Waals surface area contributed by atoms with E-state index < -0.39 is 28.8 Å². The van der Waals surface area contributed by atoms with Crippen molar-refractivity contribution >= 4 is 23.8 Å². The Balaban J connectivity index is 1.57. The summed E-state index contributed by atoms with van der Waals surface area (Å²) in [5.74, 6) is -1.15. The van der Waals surface area contributed by atoms with Crippen LogP contribution in [0.1, 0.15) is 79.3 Å². The molecule has 3 aromatic carbocycles. The van der Waals surface area contributed by atoms with Gasteiger partial charge in [0.25, 0.3) is 5.69 Å². The first kappa shape index (κ1) is 47.8. The minimum Gasteiger partial charge on any atom is -0.459 e. The minimum absolute atomic E-state index is 0.00270. The van der Waals surface area contributed by atoms with Gasteiger partial charge in [-0.1, -0.05) is 42.3 Å². The highest BCUT2D eigenvalue weighted by atomic mass is 16.7. The lowest BCUT2D eigenvalue weighted by Gasteiger charge is -2.59. The van der Waals surface area contributed by atoms with Gasteiger partial charge in [-0.2, -0.15) is 0 Å². The Morgan fingerprint density at radius 3 is 2.47 bits per heavy atom. The number of benzene rings is 3. The van der Waals surface area contributed by atoms with Crippen LogP contribution in [0.2, 0.25) is 0 Å². The molecule has 344 valence electrons. The number of fused-ring (bicyclic) bond motifs is 2. The highest BCUT2D eigenvalue weighted by molar-refractivity contribution is 6.03. The number of aliphatic hydroxyl groups excluding tert-OH is 3. The molecule has 3 aliphatic rings. The number of unbranched alkanes of at least 4 members (excludes halogenated alkanes) is 2. The third kappa shape index (κ3) is 11.2. The summed E-state index contributed by atoms with van der Waals surface area (Å²) in [5.41, 5.74) is 3.24. The number of aliphatic hydroxyl groups is 3. The topological polar surface area (TPSA) is 209 Å². The summed E-state index contributed by atoms with van der Waals surface area (Å²) in [4.78, 5) is 44.4. The van der Waals surface area contributed by atoms with Gasteiger partial charge in [-0.05, 0) is 98.0 Å². The molecule has 0 spiro atoms. The summed E-state index contributed by atoms with van der Waals surface area (Å²) in [6.07, 6.45) is 8.16. The second-order valence-electron chi connectivity index (χ2n) is 16.0. The monoisotopic (exact) mass is 885 g/mol. The number of ether oxygens (including phenoxy) is 5. The number of oxime groups is 1. The number of nitro benzene ring substituents is 1. The van der Waals surface area contributed by atoms with Crippen LogP contribution in [0.25, 0.3) is 0 Å². The number of carbonyl (C=O) groups excluding carboxylic acids is 2. The van der Waals surface area contributed by atoms with Crippen molar-refractivity contribution in [3.63, 3.8) is 0 Å². The molecule has 0 radical (unpaired) electrons. The maximum atomic E-state index is 14.2. The van der Waals surface area contributed by atoms with Crippen LogP contribution >= 0.6 is 0 Å². The van der Waals surface area contributed by atoms with E-state index in [2.05, 4.69) is 12.7 Å². The Morgan fingerprint density at radius 2 is 1.77 bits per heavy atom. The molecule has 64 heavy (non-hydrogen) atoms. The third-order valence-corrected chi connectivity index (χ3v) is 12.0. The molecule has 0 aromatic heterocycles. The highest BCUT2D eigenvalue weighted by Crippen LogP contribution is 2.62. The minimum atomic E-state index is -1.56. The average molecular weight is 886 g/mol. The SMILES string of the molecule is C=CCO[C@@]12Oc3ccc(Oc4cccc(C=O)c4)cc3[C@H]3[C@H](CCCCO)[C@@H](CCCCO)C=C(C(=NOCc4ccc([N+](=O)[O-])cc4)C[C@@H]1N(CCOCCO)C(=O)OCC)[C@H]32. The Labute approximate surface area is 373 Å². The zero-order valence-electron chi connectivity index (χ0n) is 36.3. The van der Waals surface area contributed by atoms with Crippen molar-refractivity contribution in [1.29, 1.82) is 0 Å². The van der Waals surface area contributed by atoms with Crippen molar-refractivity contribution in [3.05, 3.63) is 118 Å². The highest BCUT2D eigenvalue weighted by Gasteiger charge is 2.65. The number of hydrogen-bond donors (Lipinski definition) is 3. The van der Waals surface area contributed by atoms with Gasteiger partial charge >= 0.3 is 6.09 Å². The van der Waals surface area contributed by atoms with E-state index in [1.54, 1.807) is 60.4 Å². The smallest absolute Gasteiger partial charge is 0.410 e. The number of non-ortho nitro benzene ring substituents is 1. The zero-order valence-corrected chi connectivity index (χ0v) is 36.3. The normalized spacial score (nSPS) is 22.6. The Hall–Kier alpha value is -5.65. The standard InChI is InChI=1S/C48H59N3O13/c1-3-24-61-48-44(50(47(56)60-4-2)20-25-59-26-23-54)30-42(49-62-32-33-14-16-36(17-15-33)51(57)58)40-28-35(11-5-7-21-52)39(13-6-8-22-53)45(46(40)48)41-29-38(18-19-43(41)64-48)63-37-12-9-10-34(27-37)31-55/h3,9-10,12,14-19,27-29,31,35,39,44-46,52-54H,1,4-8,11,13,20-26,30,32H2,2H3/t35-,39+,44-,45+,46+,48+/m0/s1. The van der Waals surface area contributed by atoms with E-state index in [0.29, 0.717) is 53.3 Å². The first-order chi connectivity index (χ1) is 31.2. The van der Waals surface area contributed by atoms with Crippen LogP contribution in [0.3, 0.4) is 0 Å². The predicted molar refractivity (Wildman–Crippen MR) is 236 cm³/mol. The van der Waals surface area contributed by atoms with E-state index >= 15 is 0 Å². The number of amides is 1. The average Bonchev–Trinajstić information content (AvgIpc) is 3.30. The number of rotatable bonds is 25. The van der Waals surface area contributed by atoms with E-state index in [0.717, 1.165) is 36.7 Å². The molecule has 1 saturated carbocycles. The molecule has 6 rings (SSSR count). The number of hydrogen-bond acceptors (Lipinski definition) is 14. The lowest BCUT2D eigenvalue weighted by molar-refractivity contribution is -0.384. The Kier molecular flexibility index (Phi) is 17.4. The van der Waals surface area contributed by atoms with Gasteiger partial charge < -0.3 is 43.8 Å². The summed E-state index contributed by atoms with van der Waals surface area (Å²) in [5, 5.41) is 45.5. The van der Waals surface area contributed by atoms with Gasteiger partial charge in [0.1, 0.15) is 36.2 Å². The van der Waals surface area contributed by atoms with Gasteiger partial charge in [-0.3, -0.25) is 19.8 Å². The van der Waals surface area contributed by atoms with Crippen LogP contribution in [0.5, 0.6) is 17.2 Å².